The Balaban J connectivity index is 2.91. The number of nitrogens with zero attached hydrogens (tertiary/aromatic N) is 1. The molecule has 170 valence electrons. The first-order chi connectivity index (χ1) is 13.6. The predicted molar refractivity (Wildman–Crippen MR) is 95.0 cm³/mol. The molecule has 0 aliphatic rings. The molecule has 0 aliphatic heterocycles. The molecule has 0 saturated carbocycles. The minimum atomic E-state index is -5.97. The second-order valence-corrected chi connectivity index (χ2v) is 8.20. The molecule has 0 spiro atoms. The van der Waals surface area contributed by atoms with E-state index in [0.717, 1.165) is 13.0 Å². The number of alkyl halides is 3. The average molecular weight is 458 g/mol. The van der Waals surface area contributed by atoms with Gasteiger partial charge in [0, 0.05) is 13.0 Å². The Bertz CT molecular complexity index is 866. The number of ether oxygens (including phenoxy) is 3. The first kappa shape index (κ1) is 25.3. The number of hydrogen-bond donors (Lipinski definition) is 1. The van der Waals surface area contributed by atoms with Crippen LogP contribution < -0.4 is 14.2 Å². The molecule has 1 N–H and O–H groups in total. The average Bonchev–Trinajstić information content (AvgIpc) is 2.55. The zero-order valence-electron chi connectivity index (χ0n) is 16.5. The summed E-state index contributed by atoms with van der Waals surface area (Å²) in [6.45, 7) is 5.34. The van der Waals surface area contributed by atoms with Gasteiger partial charge in [0.2, 0.25) is 5.75 Å². The Morgan fingerprint density at radius 1 is 1.17 bits per heavy atom. The van der Waals surface area contributed by atoms with Crippen LogP contribution in [0.5, 0.6) is 11.5 Å². The lowest BCUT2D eigenvalue weighted by Crippen LogP contribution is -2.34. The standard InChI is InChI=1S/C16H21F3N2O8S/c1-10(22)27-9-11-7-12(26-6-5-20-14(23)28-15(2,3)4)13(8-21-11)29-30(24,25)16(17,18)19/h7-8H,5-6,9H2,1-4H3,(H,20,23). The molecule has 0 fully saturated rings. The van der Waals surface area contributed by atoms with Gasteiger partial charge in [-0.2, -0.15) is 21.6 Å². The summed E-state index contributed by atoms with van der Waals surface area (Å²) < 4.78 is 79.2. The monoisotopic (exact) mass is 458 g/mol. The van der Waals surface area contributed by atoms with Crippen molar-refractivity contribution in [1.82, 2.24) is 10.3 Å². The maximum atomic E-state index is 12.6. The summed E-state index contributed by atoms with van der Waals surface area (Å²) in [5, 5.41) is 2.35. The molecule has 1 aromatic heterocycles. The molecular weight excluding hydrogens is 437 g/mol. The number of carbonyl (C=O) groups excluding carboxylic acids is 2. The maximum absolute atomic E-state index is 12.6. The lowest BCUT2D eigenvalue weighted by molar-refractivity contribution is -0.142. The van der Waals surface area contributed by atoms with Crippen LogP contribution in [0.2, 0.25) is 0 Å². The van der Waals surface area contributed by atoms with Crippen molar-refractivity contribution in [3.8, 4) is 11.5 Å². The molecule has 0 bridgehead atoms. The van der Waals surface area contributed by atoms with Crippen molar-refractivity contribution in [2.75, 3.05) is 13.2 Å². The van der Waals surface area contributed by atoms with Gasteiger partial charge in [-0.1, -0.05) is 0 Å². The van der Waals surface area contributed by atoms with E-state index in [-0.39, 0.29) is 25.5 Å². The van der Waals surface area contributed by atoms with E-state index in [0.29, 0.717) is 6.20 Å². The number of hydrogen-bond acceptors (Lipinski definition) is 9. The smallest absolute Gasteiger partial charge is 0.488 e. The highest BCUT2D eigenvalue weighted by Crippen LogP contribution is 2.33. The van der Waals surface area contributed by atoms with Crippen molar-refractivity contribution < 1.29 is 49.6 Å². The van der Waals surface area contributed by atoms with Crippen LogP contribution in [0.25, 0.3) is 0 Å². The molecule has 1 amide bonds. The SMILES string of the molecule is CC(=O)OCc1cc(OCCNC(=O)OC(C)(C)C)c(OS(=O)(=O)C(F)(F)F)cn1. The molecule has 30 heavy (non-hydrogen) atoms. The Kier molecular flexibility index (Phi) is 8.27. The lowest BCUT2D eigenvalue weighted by atomic mass is 10.2. The van der Waals surface area contributed by atoms with Crippen molar-refractivity contribution in [3.05, 3.63) is 18.0 Å². The third kappa shape index (κ3) is 8.71. The van der Waals surface area contributed by atoms with Crippen LogP contribution in [0, 0.1) is 0 Å². The number of amides is 1. The van der Waals surface area contributed by atoms with Crippen molar-refractivity contribution in [2.24, 2.45) is 0 Å². The van der Waals surface area contributed by atoms with Crippen LogP contribution in [-0.2, 0) is 31.0 Å². The quantitative estimate of drug-likeness (QED) is 0.270. The fourth-order valence-corrected chi connectivity index (χ4v) is 2.14. The van der Waals surface area contributed by atoms with E-state index >= 15 is 0 Å². The predicted octanol–water partition coefficient (Wildman–Crippen LogP) is 2.28. The molecular formula is C16H21F3N2O8S. The van der Waals surface area contributed by atoms with Gasteiger partial charge in [-0.25, -0.2) is 4.79 Å². The first-order valence-electron chi connectivity index (χ1n) is 8.33. The minimum Gasteiger partial charge on any atom is -0.488 e. The zero-order valence-corrected chi connectivity index (χ0v) is 17.3. The van der Waals surface area contributed by atoms with Gasteiger partial charge >= 0.3 is 27.7 Å². The Morgan fingerprint density at radius 2 is 1.80 bits per heavy atom. The maximum Gasteiger partial charge on any atom is 0.534 e. The zero-order chi connectivity index (χ0) is 23.2. The number of rotatable bonds is 8. The molecule has 0 atom stereocenters. The van der Waals surface area contributed by atoms with Crippen LogP contribution in [0.1, 0.15) is 33.4 Å². The second kappa shape index (κ2) is 9.82. The largest absolute Gasteiger partial charge is 0.534 e. The molecule has 10 nitrogen and oxygen atoms in total. The molecule has 0 saturated heterocycles. The second-order valence-electron chi connectivity index (χ2n) is 6.66. The minimum absolute atomic E-state index is 0.0528. The van der Waals surface area contributed by atoms with E-state index in [9.17, 15) is 31.2 Å². The molecule has 0 unspecified atom stereocenters. The highest BCUT2D eigenvalue weighted by molar-refractivity contribution is 7.88. The van der Waals surface area contributed by atoms with Gasteiger partial charge < -0.3 is 23.7 Å². The molecule has 14 heteroatoms. The van der Waals surface area contributed by atoms with Gasteiger partial charge in [-0.15, -0.1) is 0 Å². The van der Waals surface area contributed by atoms with E-state index < -0.39 is 44.8 Å². The molecule has 1 rings (SSSR count). The van der Waals surface area contributed by atoms with Crippen LogP contribution in [0.3, 0.4) is 0 Å². The lowest BCUT2D eigenvalue weighted by Gasteiger charge is -2.19. The highest BCUT2D eigenvalue weighted by Gasteiger charge is 2.49. The number of halogens is 3. The van der Waals surface area contributed by atoms with E-state index in [1.54, 1.807) is 20.8 Å². The van der Waals surface area contributed by atoms with Crippen molar-refractivity contribution in [1.29, 1.82) is 0 Å². The fourth-order valence-electron chi connectivity index (χ4n) is 1.69. The van der Waals surface area contributed by atoms with Gasteiger partial charge in [0.05, 0.1) is 18.4 Å². The van der Waals surface area contributed by atoms with Crippen molar-refractivity contribution >= 4 is 22.2 Å². The molecule has 0 aromatic carbocycles. The summed E-state index contributed by atoms with van der Waals surface area (Å²) in [6, 6.07) is 1.04. The van der Waals surface area contributed by atoms with Crippen LogP contribution in [-0.4, -0.2) is 49.7 Å². The Hall–Kier alpha value is -2.77. The number of alkyl carbamates (subject to hydrolysis) is 1. The molecule has 0 radical (unpaired) electrons. The summed E-state index contributed by atoms with van der Waals surface area (Å²) in [4.78, 5) is 26.1. The summed E-state index contributed by atoms with van der Waals surface area (Å²) in [7, 11) is -5.97. The fraction of sp³-hybridized carbons (Fsp3) is 0.562. The number of carbonyl (C=O) groups is 2. The van der Waals surface area contributed by atoms with E-state index in [4.69, 9.17) is 14.2 Å². The van der Waals surface area contributed by atoms with Gasteiger partial charge in [0.25, 0.3) is 0 Å². The highest BCUT2D eigenvalue weighted by atomic mass is 32.2. The first-order valence-corrected chi connectivity index (χ1v) is 9.74. The van der Waals surface area contributed by atoms with Crippen LogP contribution in [0.4, 0.5) is 18.0 Å². The Morgan fingerprint density at radius 3 is 2.33 bits per heavy atom. The van der Waals surface area contributed by atoms with Crippen LogP contribution in [0.15, 0.2) is 12.3 Å². The normalized spacial score (nSPS) is 12.1. The van der Waals surface area contributed by atoms with E-state index in [2.05, 4.69) is 14.5 Å². The number of pyridine rings is 1. The van der Waals surface area contributed by atoms with Gasteiger partial charge in [-0.3, -0.25) is 9.78 Å². The van der Waals surface area contributed by atoms with E-state index in [1.807, 2.05) is 0 Å². The summed E-state index contributed by atoms with van der Waals surface area (Å²) in [6.07, 6.45) is -0.0776. The summed E-state index contributed by atoms with van der Waals surface area (Å²) in [5.74, 6) is -1.90. The number of nitrogens with one attached hydrogen (secondary N) is 1. The molecule has 1 heterocycles. The third-order valence-electron chi connectivity index (χ3n) is 2.82. The third-order valence-corrected chi connectivity index (χ3v) is 3.79. The van der Waals surface area contributed by atoms with Crippen LogP contribution >= 0.6 is 0 Å². The topological polar surface area (TPSA) is 130 Å². The number of aromatic nitrogens is 1. The van der Waals surface area contributed by atoms with E-state index in [1.165, 1.54) is 0 Å². The molecule has 1 aromatic rings. The summed E-state index contributed by atoms with van der Waals surface area (Å²) in [5.41, 5.74) is -6.36. The van der Waals surface area contributed by atoms with Gasteiger partial charge in [-0.05, 0) is 20.8 Å². The van der Waals surface area contributed by atoms with Gasteiger partial charge in [0.15, 0.2) is 5.75 Å². The van der Waals surface area contributed by atoms with Crippen molar-refractivity contribution in [2.45, 2.75) is 45.4 Å². The molecule has 0 aliphatic carbocycles. The number of esters is 1. The van der Waals surface area contributed by atoms with Gasteiger partial charge in [0.1, 0.15) is 18.8 Å². The Labute approximate surface area is 170 Å². The van der Waals surface area contributed by atoms with Crippen molar-refractivity contribution in [3.63, 3.8) is 0 Å². The summed E-state index contributed by atoms with van der Waals surface area (Å²) >= 11 is 0.